The van der Waals surface area contributed by atoms with Gasteiger partial charge in [-0.15, -0.1) is 0 Å². The first-order valence-corrected chi connectivity index (χ1v) is 9.58. The number of hydrogen-bond acceptors (Lipinski definition) is 3. The monoisotopic (exact) mass is 348 g/mol. The molecule has 1 aliphatic heterocycles. The number of benzene rings is 1. The van der Waals surface area contributed by atoms with Gasteiger partial charge >= 0.3 is 5.97 Å². The van der Waals surface area contributed by atoms with Gasteiger partial charge in [-0.3, -0.25) is 0 Å². The molecule has 0 aliphatic carbocycles. The second-order valence-electron chi connectivity index (χ2n) is 7.34. The molecule has 5 heteroatoms. The molecule has 1 heterocycles. The lowest BCUT2D eigenvalue weighted by Gasteiger charge is -2.29. The van der Waals surface area contributed by atoms with E-state index < -0.39 is 5.97 Å². The second kappa shape index (κ2) is 8.06. The van der Waals surface area contributed by atoms with E-state index in [2.05, 4.69) is 32.6 Å². The van der Waals surface area contributed by atoms with Gasteiger partial charge in [-0.05, 0) is 48.9 Å². The van der Waals surface area contributed by atoms with Crippen molar-refractivity contribution in [3.8, 4) is 0 Å². The third-order valence-electron chi connectivity index (χ3n) is 4.06. The molecule has 0 saturated carbocycles. The number of amidine groups is 1. The van der Waals surface area contributed by atoms with Gasteiger partial charge < -0.3 is 10.0 Å². The molecule has 0 bridgehead atoms. The number of carboxylic acids is 1. The lowest BCUT2D eigenvalue weighted by Crippen LogP contribution is -2.37. The van der Waals surface area contributed by atoms with Crippen LogP contribution in [-0.4, -0.2) is 39.5 Å². The molecule has 4 nitrogen and oxygen atoms in total. The maximum absolute atomic E-state index is 11.1. The van der Waals surface area contributed by atoms with Crippen LogP contribution < -0.4 is 0 Å². The summed E-state index contributed by atoms with van der Waals surface area (Å²) in [6.07, 6.45) is 1.18. The van der Waals surface area contributed by atoms with Crippen LogP contribution >= 0.6 is 11.8 Å². The van der Waals surface area contributed by atoms with Crippen LogP contribution in [0.4, 0.5) is 5.69 Å². The lowest BCUT2D eigenvalue weighted by atomic mass is 10.0. The van der Waals surface area contributed by atoms with Crippen molar-refractivity contribution in [2.75, 3.05) is 12.3 Å². The highest BCUT2D eigenvalue weighted by atomic mass is 32.2. The average Bonchev–Trinajstić information content (AvgIpc) is 2.82. The number of thioether (sulfide) groups is 1. The Hall–Kier alpha value is -1.49. The lowest BCUT2D eigenvalue weighted by molar-refractivity contribution is 0.0697. The van der Waals surface area contributed by atoms with Crippen LogP contribution in [0.2, 0.25) is 0 Å². The molecule has 1 saturated heterocycles. The number of carbonyl (C=O) groups is 1. The maximum atomic E-state index is 11.1. The van der Waals surface area contributed by atoms with Crippen molar-refractivity contribution in [3.63, 3.8) is 0 Å². The van der Waals surface area contributed by atoms with Gasteiger partial charge in [0.15, 0.2) is 5.17 Å². The molecule has 132 valence electrons. The summed E-state index contributed by atoms with van der Waals surface area (Å²) in [5, 5.41) is 10.2. The van der Waals surface area contributed by atoms with Crippen LogP contribution in [0.3, 0.4) is 0 Å². The molecular weight excluding hydrogens is 320 g/mol. The Morgan fingerprint density at radius 2 is 2.04 bits per heavy atom. The van der Waals surface area contributed by atoms with E-state index >= 15 is 0 Å². The van der Waals surface area contributed by atoms with Gasteiger partial charge in [-0.1, -0.05) is 39.5 Å². The van der Waals surface area contributed by atoms with Crippen molar-refractivity contribution in [2.45, 2.75) is 47.1 Å². The molecule has 0 radical (unpaired) electrons. The summed E-state index contributed by atoms with van der Waals surface area (Å²) in [4.78, 5) is 18.4. The number of rotatable bonds is 6. The van der Waals surface area contributed by atoms with Crippen molar-refractivity contribution in [3.05, 3.63) is 29.3 Å². The molecule has 24 heavy (non-hydrogen) atoms. The Morgan fingerprint density at radius 3 is 2.58 bits per heavy atom. The van der Waals surface area contributed by atoms with Crippen molar-refractivity contribution >= 4 is 28.6 Å². The fourth-order valence-electron chi connectivity index (χ4n) is 2.97. The molecule has 0 spiro atoms. The Morgan fingerprint density at radius 1 is 1.33 bits per heavy atom. The zero-order valence-corrected chi connectivity index (χ0v) is 16.1. The Labute approximate surface area is 149 Å². The van der Waals surface area contributed by atoms with E-state index in [0.717, 1.165) is 28.7 Å². The minimum atomic E-state index is -0.897. The molecule has 0 amide bonds. The van der Waals surface area contributed by atoms with Crippen LogP contribution in [0.15, 0.2) is 23.2 Å². The Kier molecular flexibility index (Phi) is 6.33. The molecule has 1 aromatic rings. The summed E-state index contributed by atoms with van der Waals surface area (Å²) >= 11 is 1.82. The van der Waals surface area contributed by atoms with Crippen LogP contribution in [0, 0.1) is 18.8 Å². The third kappa shape index (κ3) is 4.76. The van der Waals surface area contributed by atoms with Gasteiger partial charge in [0.1, 0.15) is 0 Å². The van der Waals surface area contributed by atoms with Crippen molar-refractivity contribution in [1.29, 1.82) is 0 Å². The van der Waals surface area contributed by atoms with Crippen molar-refractivity contribution < 1.29 is 9.90 Å². The molecule has 1 fully saturated rings. The van der Waals surface area contributed by atoms with Crippen molar-refractivity contribution in [1.82, 2.24) is 4.90 Å². The highest BCUT2D eigenvalue weighted by Crippen LogP contribution is 2.32. The smallest absolute Gasteiger partial charge is 0.335 e. The first-order chi connectivity index (χ1) is 11.3. The van der Waals surface area contributed by atoms with Crippen LogP contribution in [0.1, 0.15) is 50.0 Å². The summed E-state index contributed by atoms with van der Waals surface area (Å²) in [6, 6.07) is 5.68. The predicted octanol–water partition coefficient (Wildman–Crippen LogP) is 4.80. The second-order valence-corrected chi connectivity index (χ2v) is 8.33. The number of carboxylic acid groups (broad SMARTS) is 1. The predicted molar refractivity (Wildman–Crippen MR) is 102 cm³/mol. The van der Waals surface area contributed by atoms with E-state index in [0.29, 0.717) is 23.4 Å². The largest absolute Gasteiger partial charge is 0.478 e. The molecule has 1 aliphatic rings. The SMILES string of the molecule is Cc1cc(C(=O)O)ccc1N=C1SC[C@H](CC(C)C)N1CC(C)C. The molecule has 1 atom stereocenters. The minimum Gasteiger partial charge on any atom is -0.478 e. The topological polar surface area (TPSA) is 52.9 Å². The average molecular weight is 349 g/mol. The van der Waals surface area contributed by atoms with Gasteiger partial charge in [0, 0.05) is 18.3 Å². The van der Waals surface area contributed by atoms with Gasteiger partial charge in [-0.2, -0.15) is 0 Å². The fraction of sp³-hybridized carbons (Fsp3) is 0.579. The number of aryl methyl sites for hydroxylation is 1. The normalized spacial score (nSPS) is 19.7. The molecule has 0 unspecified atom stereocenters. The number of aromatic carboxylic acids is 1. The highest BCUT2D eigenvalue weighted by molar-refractivity contribution is 8.14. The van der Waals surface area contributed by atoms with Gasteiger partial charge in [0.2, 0.25) is 0 Å². The number of aliphatic imine (C=N–C) groups is 1. The van der Waals surface area contributed by atoms with Gasteiger partial charge in [0.05, 0.1) is 11.3 Å². The molecule has 1 N–H and O–H groups in total. The van der Waals surface area contributed by atoms with E-state index in [1.807, 2.05) is 24.8 Å². The van der Waals surface area contributed by atoms with Crippen LogP contribution in [-0.2, 0) is 0 Å². The molecule has 1 aromatic carbocycles. The van der Waals surface area contributed by atoms with E-state index in [1.54, 1.807) is 12.1 Å². The van der Waals surface area contributed by atoms with Crippen LogP contribution in [0.5, 0.6) is 0 Å². The van der Waals surface area contributed by atoms with E-state index in [9.17, 15) is 4.79 Å². The summed E-state index contributed by atoms with van der Waals surface area (Å²) in [7, 11) is 0. The Bertz CT molecular complexity index is 626. The highest BCUT2D eigenvalue weighted by Gasteiger charge is 2.31. The van der Waals surface area contributed by atoms with E-state index in [-0.39, 0.29) is 0 Å². The zero-order valence-electron chi connectivity index (χ0n) is 15.2. The quantitative estimate of drug-likeness (QED) is 0.802. The van der Waals surface area contributed by atoms with Crippen molar-refractivity contribution in [2.24, 2.45) is 16.8 Å². The first-order valence-electron chi connectivity index (χ1n) is 8.60. The van der Waals surface area contributed by atoms with Crippen LogP contribution in [0.25, 0.3) is 0 Å². The zero-order chi connectivity index (χ0) is 17.9. The standard InChI is InChI=1S/C19H28N2O2S/c1-12(2)8-16-11-24-19(21(16)10-13(3)4)20-17-7-6-15(18(22)23)9-14(17)5/h6-7,9,12-13,16H,8,10-11H2,1-5H3,(H,22,23)/t16-/m0/s1. The number of nitrogens with zero attached hydrogens (tertiary/aromatic N) is 2. The molecule has 0 aromatic heterocycles. The molecular formula is C19H28N2O2S. The summed E-state index contributed by atoms with van der Waals surface area (Å²) in [6.45, 7) is 11.9. The summed E-state index contributed by atoms with van der Waals surface area (Å²) in [5.74, 6) is 1.43. The van der Waals surface area contributed by atoms with Gasteiger partial charge in [-0.25, -0.2) is 9.79 Å². The molecule has 2 rings (SSSR count). The van der Waals surface area contributed by atoms with Gasteiger partial charge in [0.25, 0.3) is 0 Å². The van der Waals surface area contributed by atoms with E-state index in [4.69, 9.17) is 10.1 Å². The fourth-order valence-corrected chi connectivity index (χ4v) is 4.18. The summed E-state index contributed by atoms with van der Waals surface area (Å²) in [5.41, 5.74) is 2.08. The minimum absolute atomic E-state index is 0.312. The van der Waals surface area contributed by atoms with E-state index in [1.165, 1.54) is 6.42 Å². The third-order valence-corrected chi connectivity index (χ3v) is 5.19. The first kappa shape index (κ1) is 18.8. The summed E-state index contributed by atoms with van der Waals surface area (Å²) < 4.78 is 0. The Balaban J connectivity index is 2.28. The number of hydrogen-bond donors (Lipinski definition) is 1. The maximum Gasteiger partial charge on any atom is 0.335 e.